The molecule has 190 valence electrons. The minimum absolute atomic E-state index is 0.679. The molecule has 0 amide bonds. The van der Waals surface area contributed by atoms with Crippen LogP contribution in [0, 0.1) is 0 Å². The number of aromatic nitrogens is 3. The van der Waals surface area contributed by atoms with Gasteiger partial charge in [-0.2, -0.15) is 0 Å². The Morgan fingerprint density at radius 1 is 0.390 bits per heavy atom. The Labute approximate surface area is 235 Å². The van der Waals surface area contributed by atoms with E-state index < -0.39 is 0 Å². The first-order valence-electron chi connectivity index (χ1n) is 13.9. The summed E-state index contributed by atoms with van der Waals surface area (Å²) in [5.74, 6) is 0.679. The minimum atomic E-state index is 0.679. The first-order valence-corrected chi connectivity index (χ1v) is 13.9. The Balaban J connectivity index is 1.42. The van der Waals surface area contributed by atoms with Gasteiger partial charge in [0, 0.05) is 21.7 Å². The maximum Gasteiger partial charge on any atom is 0.235 e. The molecule has 2 heterocycles. The van der Waals surface area contributed by atoms with Crippen LogP contribution < -0.4 is 0 Å². The molecule has 0 unspecified atom stereocenters. The number of benzene rings is 7. The highest BCUT2D eigenvalue weighted by molar-refractivity contribution is 6.21. The topological polar surface area (TPSA) is 30.7 Å². The second-order valence-electron chi connectivity index (χ2n) is 10.6. The van der Waals surface area contributed by atoms with Gasteiger partial charge in [0.1, 0.15) is 0 Å². The van der Waals surface area contributed by atoms with Gasteiger partial charge in [-0.25, -0.2) is 9.97 Å². The first-order chi connectivity index (χ1) is 20.3. The van der Waals surface area contributed by atoms with E-state index in [0.717, 1.165) is 33.2 Å². The number of rotatable bonds is 2. The summed E-state index contributed by atoms with van der Waals surface area (Å²) in [5.41, 5.74) is 5.15. The van der Waals surface area contributed by atoms with Gasteiger partial charge in [-0.15, -0.1) is 0 Å². The van der Waals surface area contributed by atoms with Crippen molar-refractivity contribution in [1.29, 1.82) is 0 Å². The Morgan fingerprint density at radius 3 is 1.95 bits per heavy atom. The van der Waals surface area contributed by atoms with Crippen molar-refractivity contribution >= 4 is 65.0 Å². The fourth-order valence-corrected chi connectivity index (χ4v) is 6.48. The zero-order chi connectivity index (χ0) is 26.9. The van der Waals surface area contributed by atoms with Crippen LogP contribution in [0.1, 0.15) is 0 Å². The lowest BCUT2D eigenvalue weighted by Crippen LogP contribution is -2.03. The molecular formula is C38H23N3. The highest BCUT2D eigenvalue weighted by atomic mass is 15.2. The van der Waals surface area contributed by atoms with Crippen LogP contribution in [0.2, 0.25) is 0 Å². The van der Waals surface area contributed by atoms with Crippen molar-refractivity contribution in [3.63, 3.8) is 0 Å². The van der Waals surface area contributed by atoms with E-state index in [-0.39, 0.29) is 0 Å². The van der Waals surface area contributed by atoms with Crippen molar-refractivity contribution in [2.45, 2.75) is 0 Å². The quantitative estimate of drug-likeness (QED) is 0.212. The monoisotopic (exact) mass is 521 g/mol. The van der Waals surface area contributed by atoms with E-state index >= 15 is 0 Å². The molecule has 3 heteroatoms. The van der Waals surface area contributed by atoms with Gasteiger partial charge in [0.15, 0.2) is 0 Å². The molecule has 41 heavy (non-hydrogen) atoms. The zero-order valence-corrected chi connectivity index (χ0v) is 22.1. The summed E-state index contributed by atoms with van der Waals surface area (Å²) in [6, 6.07) is 49.6. The van der Waals surface area contributed by atoms with Crippen LogP contribution in [0.25, 0.3) is 82.2 Å². The molecule has 0 aliphatic rings. The number of para-hydroxylation sites is 2. The van der Waals surface area contributed by atoms with Gasteiger partial charge >= 0.3 is 0 Å². The molecular weight excluding hydrogens is 498 g/mol. The van der Waals surface area contributed by atoms with Gasteiger partial charge in [-0.3, -0.25) is 4.57 Å². The van der Waals surface area contributed by atoms with E-state index in [9.17, 15) is 0 Å². The van der Waals surface area contributed by atoms with Gasteiger partial charge in [-0.05, 0) is 56.6 Å². The maximum absolute atomic E-state index is 5.25. The van der Waals surface area contributed by atoms with E-state index in [4.69, 9.17) is 9.97 Å². The average Bonchev–Trinajstić information content (AvgIpc) is 3.36. The van der Waals surface area contributed by atoms with Crippen LogP contribution >= 0.6 is 0 Å². The van der Waals surface area contributed by atoms with Gasteiger partial charge in [-0.1, -0.05) is 115 Å². The number of fused-ring (bicyclic) bond motifs is 9. The number of nitrogens with zero attached hydrogens (tertiary/aromatic N) is 3. The Kier molecular flexibility index (Phi) is 4.61. The van der Waals surface area contributed by atoms with E-state index in [2.05, 4.69) is 132 Å². The summed E-state index contributed by atoms with van der Waals surface area (Å²) >= 11 is 0. The van der Waals surface area contributed by atoms with Crippen molar-refractivity contribution in [3.8, 4) is 17.2 Å². The third-order valence-electron chi connectivity index (χ3n) is 8.37. The van der Waals surface area contributed by atoms with Gasteiger partial charge in [0.2, 0.25) is 5.95 Å². The van der Waals surface area contributed by atoms with Crippen molar-refractivity contribution in [1.82, 2.24) is 14.5 Å². The van der Waals surface area contributed by atoms with Gasteiger partial charge in [0.25, 0.3) is 0 Å². The lowest BCUT2D eigenvalue weighted by molar-refractivity contribution is 1.01. The largest absolute Gasteiger partial charge is 0.278 e. The van der Waals surface area contributed by atoms with E-state index in [1.165, 1.54) is 43.1 Å². The molecule has 9 rings (SSSR count). The van der Waals surface area contributed by atoms with Crippen molar-refractivity contribution in [2.75, 3.05) is 0 Å². The lowest BCUT2D eigenvalue weighted by Gasteiger charge is -2.12. The van der Waals surface area contributed by atoms with Crippen molar-refractivity contribution in [2.24, 2.45) is 0 Å². The van der Waals surface area contributed by atoms with Gasteiger partial charge < -0.3 is 0 Å². The highest BCUT2D eigenvalue weighted by Crippen LogP contribution is 2.38. The SMILES string of the molecule is c1ccc(-c2nc(-n3c4ccccc4c4cc5ccc6c7ccccc7ccc6c5cc43)nc3ccccc23)cc1. The summed E-state index contributed by atoms with van der Waals surface area (Å²) in [6.07, 6.45) is 0. The summed E-state index contributed by atoms with van der Waals surface area (Å²) in [7, 11) is 0. The molecule has 3 nitrogen and oxygen atoms in total. The smallest absolute Gasteiger partial charge is 0.235 e. The molecule has 0 saturated heterocycles. The molecule has 0 bridgehead atoms. The molecule has 2 aromatic heterocycles. The summed E-state index contributed by atoms with van der Waals surface area (Å²) in [5, 5.41) is 11.0. The second-order valence-corrected chi connectivity index (χ2v) is 10.6. The normalized spacial score (nSPS) is 11.9. The van der Waals surface area contributed by atoms with E-state index in [1.807, 2.05) is 12.1 Å². The standard InChI is InChI=1S/C38H23N3/c1-2-11-25(12-3-1)37-31-15-6-8-16-34(31)39-38(40-37)41-35-17-9-7-14-30(35)33-22-26-19-21-28-27-13-5-4-10-24(27)18-20-29(28)32(26)23-36(33)41/h1-23H. The molecule has 0 atom stereocenters. The lowest BCUT2D eigenvalue weighted by atomic mass is 9.96. The van der Waals surface area contributed by atoms with Crippen LogP contribution in [-0.2, 0) is 0 Å². The molecule has 0 radical (unpaired) electrons. The molecule has 0 saturated carbocycles. The highest BCUT2D eigenvalue weighted by Gasteiger charge is 2.18. The molecule has 0 N–H and O–H groups in total. The average molecular weight is 522 g/mol. The molecule has 0 aliphatic heterocycles. The Bertz CT molecular complexity index is 2470. The van der Waals surface area contributed by atoms with Crippen molar-refractivity contribution in [3.05, 3.63) is 140 Å². The Morgan fingerprint density at radius 2 is 1.07 bits per heavy atom. The van der Waals surface area contributed by atoms with Gasteiger partial charge in [0.05, 0.1) is 22.2 Å². The second kappa shape index (κ2) is 8.48. The fourth-order valence-electron chi connectivity index (χ4n) is 6.48. The van der Waals surface area contributed by atoms with Crippen molar-refractivity contribution < 1.29 is 0 Å². The van der Waals surface area contributed by atoms with Crippen LogP contribution in [0.15, 0.2) is 140 Å². The predicted molar refractivity (Wildman–Crippen MR) is 172 cm³/mol. The maximum atomic E-state index is 5.25. The van der Waals surface area contributed by atoms with Crippen LogP contribution in [0.3, 0.4) is 0 Å². The minimum Gasteiger partial charge on any atom is -0.278 e. The third kappa shape index (κ3) is 3.26. The van der Waals surface area contributed by atoms with Crippen LogP contribution in [0.4, 0.5) is 0 Å². The Hall–Kier alpha value is -5.54. The summed E-state index contributed by atoms with van der Waals surface area (Å²) < 4.78 is 2.24. The summed E-state index contributed by atoms with van der Waals surface area (Å²) in [4.78, 5) is 10.4. The van der Waals surface area contributed by atoms with Crippen LogP contribution in [-0.4, -0.2) is 14.5 Å². The zero-order valence-electron chi connectivity index (χ0n) is 22.1. The summed E-state index contributed by atoms with van der Waals surface area (Å²) in [6.45, 7) is 0. The predicted octanol–water partition coefficient (Wildman–Crippen LogP) is 9.85. The molecule has 0 aliphatic carbocycles. The third-order valence-corrected chi connectivity index (χ3v) is 8.37. The molecule has 0 spiro atoms. The van der Waals surface area contributed by atoms with Crippen LogP contribution in [0.5, 0.6) is 0 Å². The first kappa shape index (κ1) is 22.3. The molecule has 7 aromatic carbocycles. The number of hydrogen-bond acceptors (Lipinski definition) is 2. The van der Waals surface area contributed by atoms with E-state index in [0.29, 0.717) is 5.95 Å². The fraction of sp³-hybridized carbons (Fsp3) is 0. The molecule has 9 aromatic rings. The molecule has 0 fully saturated rings. The van der Waals surface area contributed by atoms with E-state index in [1.54, 1.807) is 0 Å². The number of hydrogen-bond donors (Lipinski definition) is 0.